The molecule has 2 aliphatic carbocycles. The Balaban J connectivity index is 1.85. The summed E-state index contributed by atoms with van der Waals surface area (Å²) in [4.78, 5) is 11.8. The van der Waals surface area contributed by atoms with Crippen molar-refractivity contribution in [1.82, 2.24) is 4.57 Å². The number of carbonyl (C=O) groups is 1. The molecule has 4 rings (SSSR count). The molecule has 0 saturated heterocycles. The smallest absolute Gasteiger partial charge is 0.416 e. The van der Waals surface area contributed by atoms with Crippen molar-refractivity contribution in [3.05, 3.63) is 58.4 Å². The lowest BCUT2D eigenvalue weighted by Crippen LogP contribution is -2.24. The highest BCUT2D eigenvalue weighted by Crippen LogP contribution is 2.45. The molecule has 1 aromatic carbocycles. The molecular formula is C29H38F3NO2. The summed E-state index contributed by atoms with van der Waals surface area (Å²) in [6.45, 7) is 4.34. The number of carboxylic acid groups (broad SMARTS) is 1. The van der Waals surface area contributed by atoms with Gasteiger partial charge in [-0.2, -0.15) is 13.2 Å². The maximum Gasteiger partial charge on any atom is 0.416 e. The molecule has 0 aliphatic heterocycles. The highest BCUT2D eigenvalue weighted by atomic mass is 19.4. The maximum atomic E-state index is 13.3. The van der Waals surface area contributed by atoms with Crippen molar-refractivity contribution in [2.24, 2.45) is 5.92 Å². The predicted molar refractivity (Wildman–Crippen MR) is 132 cm³/mol. The second-order valence-electron chi connectivity index (χ2n) is 11.0. The van der Waals surface area contributed by atoms with Crippen LogP contribution in [0.5, 0.6) is 0 Å². The van der Waals surface area contributed by atoms with Gasteiger partial charge in [-0.15, -0.1) is 0 Å². The summed E-state index contributed by atoms with van der Waals surface area (Å²) in [5, 5.41) is 9.66. The van der Waals surface area contributed by atoms with Gasteiger partial charge in [0.2, 0.25) is 0 Å². The fourth-order valence-electron chi connectivity index (χ4n) is 6.25. The van der Waals surface area contributed by atoms with Crippen LogP contribution in [0.4, 0.5) is 13.2 Å². The molecule has 2 atom stereocenters. The van der Waals surface area contributed by atoms with Gasteiger partial charge >= 0.3 is 12.1 Å². The zero-order valence-corrected chi connectivity index (χ0v) is 20.9. The van der Waals surface area contributed by atoms with Crippen molar-refractivity contribution in [2.75, 3.05) is 0 Å². The van der Waals surface area contributed by atoms with Crippen molar-refractivity contribution in [2.45, 2.75) is 109 Å². The van der Waals surface area contributed by atoms with Gasteiger partial charge in [0.05, 0.1) is 18.0 Å². The fourth-order valence-corrected chi connectivity index (χ4v) is 6.25. The molecule has 2 aromatic rings. The lowest BCUT2D eigenvalue weighted by atomic mass is 9.85. The third kappa shape index (κ3) is 5.95. The summed E-state index contributed by atoms with van der Waals surface area (Å²) in [6.07, 6.45) is 6.15. The number of aromatic nitrogens is 1. The van der Waals surface area contributed by atoms with Crippen LogP contribution in [0.25, 0.3) is 0 Å². The number of aliphatic carboxylic acids is 1. The largest absolute Gasteiger partial charge is 0.481 e. The normalized spacial score (nSPS) is 20.1. The first kappa shape index (κ1) is 25.8. The number of fused-ring (bicyclic) bond motifs is 1. The Morgan fingerprint density at radius 3 is 2.31 bits per heavy atom. The van der Waals surface area contributed by atoms with Crippen LogP contribution in [0.15, 0.2) is 30.3 Å². The quantitative estimate of drug-likeness (QED) is 0.404. The van der Waals surface area contributed by atoms with Crippen molar-refractivity contribution < 1.29 is 23.1 Å². The molecule has 0 radical (unpaired) electrons. The Labute approximate surface area is 206 Å². The maximum absolute atomic E-state index is 13.3. The van der Waals surface area contributed by atoms with Crippen LogP contribution in [0.3, 0.4) is 0 Å². The number of hydrogen-bond donors (Lipinski definition) is 1. The summed E-state index contributed by atoms with van der Waals surface area (Å²) < 4.78 is 42.3. The number of benzene rings is 1. The van der Waals surface area contributed by atoms with Gasteiger partial charge in [0.15, 0.2) is 0 Å². The molecule has 0 amide bonds. The van der Waals surface area contributed by atoms with Crippen molar-refractivity contribution in [3.8, 4) is 0 Å². The van der Waals surface area contributed by atoms with Gasteiger partial charge in [-0.3, -0.25) is 4.79 Å². The fraction of sp³-hybridized carbons (Fsp3) is 0.621. The van der Waals surface area contributed by atoms with E-state index in [0.29, 0.717) is 11.8 Å². The van der Waals surface area contributed by atoms with Gasteiger partial charge in [0.25, 0.3) is 0 Å². The van der Waals surface area contributed by atoms with E-state index >= 15 is 0 Å². The minimum absolute atomic E-state index is 0.0513. The van der Waals surface area contributed by atoms with Crippen LogP contribution in [-0.4, -0.2) is 15.6 Å². The lowest BCUT2D eigenvalue weighted by molar-refractivity contribution is -0.138. The van der Waals surface area contributed by atoms with E-state index in [-0.39, 0.29) is 18.4 Å². The molecule has 1 N–H and O–H groups in total. The lowest BCUT2D eigenvalue weighted by Gasteiger charge is -2.33. The zero-order valence-electron chi connectivity index (χ0n) is 20.9. The van der Waals surface area contributed by atoms with E-state index in [1.807, 2.05) is 0 Å². The van der Waals surface area contributed by atoms with Crippen LogP contribution in [0.2, 0.25) is 0 Å². The summed E-state index contributed by atoms with van der Waals surface area (Å²) in [5.41, 5.74) is 3.92. The Bertz CT molecular complexity index is 1000. The van der Waals surface area contributed by atoms with Crippen LogP contribution < -0.4 is 0 Å². The molecule has 6 heteroatoms. The zero-order chi connectivity index (χ0) is 25.2. The third-order valence-corrected chi connectivity index (χ3v) is 7.97. The number of nitrogens with zero attached hydrogens (tertiary/aromatic N) is 1. The molecule has 1 saturated carbocycles. The molecule has 3 nitrogen and oxygen atoms in total. The second kappa shape index (κ2) is 10.8. The van der Waals surface area contributed by atoms with Crippen LogP contribution in [-0.2, 0) is 17.4 Å². The van der Waals surface area contributed by atoms with E-state index in [1.54, 1.807) is 12.1 Å². The van der Waals surface area contributed by atoms with Gasteiger partial charge in [-0.05, 0) is 86.1 Å². The molecule has 2 aliphatic rings. The molecular weight excluding hydrogens is 451 g/mol. The van der Waals surface area contributed by atoms with Crippen molar-refractivity contribution >= 4 is 5.97 Å². The van der Waals surface area contributed by atoms with Crippen LogP contribution in [0.1, 0.15) is 124 Å². The Morgan fingerprint density at radius 1 is 1.03 bits per heavy atom. The minimum atomic E-state index is -4.36. The molecule has 0 spiro atoms. The molecule has 35 heavy (non-hydrogen) atoms. The van der Waals surface area contributed by atoms with Gasteiger partial charge in [-0.1, -0.05) is 45.2 Å². The van der Waals surface area contributed by atoms with E-state index in [9.17, 15) is 23.1 Å². The number of rotatable bonds is 8. The van der Waals surface area contributed by atoms with Gasteiger partial charge in [0.1, 0.15) is 0 Å². The second-order valence-corrected chi connectivity index (χ2v) is 11.0. The van der Waals surface area contributed by atoms with Gasteiger partial charge in [-0.25, -0.2) is 0 Å². The average Bonchev–Trinajstić information content (AvgIpc) is 3.19. The number of hydrogen-bond acceptors (Lipinski definition) is 1. The molecule has 1 fully saturated rings. The van der Waals surface area contributed by atoms with Crippen molar-refractivity contribution in [3.63, 3.8) is 0 Å². The highest BCUT2D eigenvalue weighted by molar-refractivity contribution is 5.68. The monoisotopic (exact) mass is 489 g/mol. The Hall–Kier alpha value is -2.24. The summed E-state index contributed by atoms with van der Waals surface area (Å²) in [7, 11) is 0. The van der Waals surface area contributed by atoms with E-state index < -0.39 is 17.7 Å². The van der Waals surface area contributed by atoms with Gasteiger partial charge in [0, 0.05) is 17.3 Å². The Morgan fingerprint density at radius 2 is 1.71 bits per heavy atom. The Kier molecular flexibility index (Phi) is 7.97. The minimum Gasteiger partial charge on any atom is -0.481 e. The van der Waals surface area contributed by atoms with E-state index in [1.165, 1.54) is 42.7 Å². The molecule has 1 aromatic heterocycles. The first-order valence-electron chi connectivity index (χ1n) is 13.3. The standard InChI is InChI=1S/C29H38F3NO2/c1-19(2)11-16-25(21-12-14-24(15-13-21)29(30,31)32)33-26(20-7-4-3-5-8-20)17-22-9-6-10-23(28(22)33)18-27(34)35/h12-15,17,19-20,23,25H,3-11,16,18H2,1-2H3,(H,34,35)/t23?,25-/m0/s1. The van der Waals surface area contributed by atoms with E-state index in [4.69, 9.17) is 0 Å². The van der Waals surface area contributed by atoms with Gasteiger partial charge < -0.3 is 9.67 Å². The van der Waals surface area contributed by atoms with E-state index in [0.717, 1.165) is 56.2 Å². The van der Waals surface area contributed by atoms with Crippen LogP contribution >= 0.6 is 0 Å². The summed E-state index contributed by atoms with van der Waals surface area (Å²) >= 11 is 0. The number of halogens is 3. The first-order valence-corrected chi connectivity index (χ1v) is 13.3. The van der Waals surface area contributed by atoms with Crippen molar-refractivity contribution in [1.29, 1.82) is 0 Å². The summed E-state index contributed by atoms with van der Waals surface area (Å²) in [5.74, 6) is 0.0507. The number of aryl methyl sites for hydroxylation is 1. The average molecular weight is 490 g/mol. The molecule has 192 valence electrons. The first-order chi connectivity index (χ1) is 16.6. The third-order valence-electron chi connectivity index (χ3n) is 7.97. The molecule has 0 bridgehead atoms. The molecule has 1 unspecified atom stereocenters. The number of carboxylic acids is 1. The summed E-state index contributed by atoms with van der Waals surface area (Å²) in [6, 6.07) is 7.91. The molecule has 1 heterocycles. The van der Waals surface area contributed by atoms with E-state index in [2.05, 4.69) is 24.5 Å². The highest BCUT2D eigenvalue weighted by Gasteiger charge is 2.35. The predicted octanol–water partition coefficient (Wildman–Crippen LogP) is 8.47. The number of alkyl halides is 3. The topological polar surface area (TPSA) is 42.2 Å². The van der Waals surface area contributed by atoms with Crippen LogP contribution in [0, 0.1) is 5.92 Å². The SMILES string of the molecule is CC(C)CC[C@@H](c1ccc(C(F)(F)F)cc1)n1c(C2CCCCC2)cc2c1C(CC(=O)O)CCC2.